The Bertz CT molecular complexity index is 1150. The molecule has 0 radical (unpaired) electrons. The molecule has 8 heteroatoms. The fourth-order valence-corrected chi connectivity index (χ4v) is 3.26. The lowest BCUT2D eigenvalue weighted by Crippen LogP contribution is -2.31. The van der Waals surface area contributed by atoms with Gasteiger partial charge in [-0.25, -0.2) is 4.99 Å². The number of carbonyl (C=O) groups excluding carboxylic acids is 2. The predicted molar refractivity (Wildman–Crippen MR) is 127 cm³/mol. The monoisotopic (exact) mass is 453 g/mol. The average molecular weight is 454 g/mol. The molecule has 3 rings (SSSR count). The van der Waals surface area contributed by atoms with Gasteiger partial charge in [0, 0.05) is 25.3 Å². The number of halogens is 1. The summed E-state index contributed by atoms with van der Waals surface area (Å²) < 4.78 is 10.4. The number of carbonyl (C=O) groups is 2. The van der Waals surface area contributed by atoms with Crippen molar-refractivity contribution in [3.05, 3.63) is 70.4 Å². The summed E-state index contributed by atoms with van der Waals surface area (Å²) in [6.07, 6.45) is 1.53. The van der Waals surface area contributed by atoms with Crippen LogP contribution >= 0.6 is 11.6 Å². The lowest BCUT2D eigenvalue weighted by Gasteiger charge is -2.17. The number of nitrogens with one attached hydrogen (secondary N) is 1. The van der Waals surface area contributed by atoms with Crippen LogP contribution in [0.5, 0.6) is 11.5 Å². The minimum Gasteiger partial charge on any atom is -0.493 e. The summed E-state index contributed by atoms with van der Waals surface area (Å²) in [5, 5.41) is 2.65. The molecule has 1 aliphatic rings. The zero-order chi connectivity index (χ0) is 23.4. The van der Waals surface area contributed by atoms with Crippen molar-refractivity contribution >= 4 is 40.4 Å². The van der Waals surface area contributed by atoms with Gasteiger partial charge in [-0.05, 0) is 61.0 Å². The first kappa shape index (κ1) is 23.1. The molecular weight excluding hydrogens is 430 g/mol. The van der Waals surface area contributed by atoms with Gasteiger partial charge in [0.1, 0.15) is 0 Å². The molecule has 0 fully saturated rings. The number of ether oxygens (including phenoxy) is 2. The molecule has 0 atom stereocenters. The molecule has 2 aromatic rings. The van der Waals surface area contributed by atoms with Crippen LogP contribution in [0.3, 0.4) is 0 Å². The second-order valence-electron chi connectivity index (χ2n) is 7.26. The highest BCUT2D eigenvalue weighted by Gasteiger charge is 2.26. The third-order valence-electron chi connectivity index (χ3n) is 4.95. The molecule has 1 N–H and O–H groups in total. The first-order valence-electron chi connectivity index (χ1n) is 9.77. The number of amides is 1. The van der Waals surface area contributed by atoms with Gasteiger partial charge in [-0.2, -0.15) is 0 Å². The number of Topliss-reactive ketones (excluding diaryl/α,β-unsaturated/α-hetero) is 1. The van der Waals surface area contributed by atoms with Crippen LogP contribution in [0.15, 0.2) is 69.8 Å². The van der Waals surface area contributed by atoms with Crippen molar-refractivity contribution in [2.45, 2.75) is 6.92 Å². The molecule has 166 valence electrons. The number of hydrogen-bond donors (Lipinski definition) is 1. The van der Waals surface area contributed by atoms with Gasteiger partial charge < -0.3 is 19.7 Å². The number of ketones is 1. The molecular formula is C24H24ClN3O4. The van der Waals surface area contributed by atoms with E-state index in [9.17, 15) is 9.59 Å². The number of anilines is 1. The maximum absolute atomic E-state index is 12.8. The number of aliphatic imine (C=N–C) groups is 1. The number of nitrogens with zero attached hydrogens (tertiary/aromatic N) is 2. The van der Waals surface area contributed by atoms with Gasteiger partial charge in [0.15, 0.2) is 11.5 Å². The van der Waals surface area contributed by atoms with E-state index in [0.717, 1.165) is 5.69 Å². The standard InChI is InChI=1S/C24H24ClN3O4/c1-14-18(26-16-7-9-17(10-8-16)28(2)3)13-19(23(29)22(14)25)27-24(30)15-6-11-20(31-4)21(12-15)32-5/h6-13H,1-5H3,(H,27,30). The van der Waals surface area contributed by atoms with Crippen LogP contribution in [0, 0.1) is 0 Å². The number of allylic oxidation sites excluding steroid dienone is 3. The Hall–Kier alpha value is -3.58. The maximum atomic E-state index is 12.8. The van der Waals surface area contributed by atoms with Crippen LogP contribution in [-0.2, 0) is 4.79 Å². The van der Waals surface area contributed by atoms with Crippen molar-refractivity contribution in [1.82, 2.24) is 5.32 Å². The summed E-state index contributed by atoms with van der Waals surface area (Å²) in [5.74, 6) is -0.0567. The smallest absolute Gasteiger partial charge is 0.255 e. The van der Waals surface area contributed by atoms with Gasteiger partial charge in [-0.15, -0.1) is 0 Å². The largest absolute Gasteiger partial charge is 0.493 e. The lowest BCUT2D eigenvalue weighted by atomic mass is 10.0. The number of methoxy groups -OCH3 is 2. The Morgan fingerprint density at radius 2 is 1.69 bits per heavy atom. The van der Waals surface area contributed by atoms with Crippen molar-refractivity contribution in [2.75, 3.05) is 33.2 Å². The zero-order valence-electron chi connectivity index (χ0n) is 18.5. The molecule has 0 spiro atoms. The first-order chi connectivity index (χ1) is 15.2. The van der Waals surface area contributed by atoms with Gasteiger partial charge in [0.25, 0.3) is 5.91 Å². The lowest BCUT2D eigenvalue weighted by molar-refractivity contribution is -0.112. The van der Waals surface area contributed by atoms with Crippen molar-refractivity contribution in [3.63, 3.8) is 0 Å². The van der Waals surface area contributed by atoms with E-state index in [1.54, 1.807) is 19.1 Å². The van der Waals surface area contributed by atoms with E-state index in [0.29, 0.717) is 34.0 Å². The fraction of sp³-hybridized carbons (Fsp3) is 0.208. The predicted octanol–water partition coefficient (Wildman–Crippen LogP) is 4.25. The Morgan fingerprint density at radius 1 is 1.03 bits per heavy atom. The van der Waals surface area contributed by atoms with E-state index in [1.165, 1.54) is 26.4 Å². The zero-order valence-corrected chi connectivity index (χ0v) is 19.3. The van der Waals surface area contributed by atoms with Crippen molar-refractivity contribution in [1.29, 1.82) is 0 Å². The van der Waals surface area contributed by atoms with Crippen LogP contribution in [0.25, 0.3) is 0 Å². The molecule has 0 saturated carbocycles. The Balaban J connectivity index is 1.90. The molecule has 2 aromatic carbocycles. The summed E-state index contributed by atoms with van der Waals surface area (Å²) in [6, 6.07) is 12.4. The Kier molecular flexibility index (Phi) is 7.00. The molecule has 32 heavy (non-hydrogen) atoms. The fourth-order valence-electron chi connectivity index (χ4n) is 3.06. The summed E-state index contributed by atoms with van der Waals surface area (Å²) in [4.78, 5) is 32.0. The third-order valence-corrected chi connectivity index (χ3v) is 5.40. The molecule has 1 aliphatic carbocycles. The van der Waals surface area contributed by atoms with Crippen LogP contribution in [0.1, 0.15) is 17.3 Å². The second-order valence-corrected chi connectivity index (χ2v) is 7.64. The van der Waals surface area contributed by atoms with Crippen LogP contribution in [0.4, 0.5) is 11.4 Å². The maximum Gasteiger partial charge on any atom is 0.255 e. The summed E-state index contributed by atoms with van der Waals surface area (Å²) in [6.45, 7) is 1.72. The molecule has 0 heterocycles. The normalized spacial score (nSPS) is 14.9. The van der Waals surface area contributed by atoms with Crippen LogP contribution in [-0.4, -0.2) is 45.7 Å². The molecule has 0 bridgehead atoms. The van der Waals surface area contributed by atoms with E-state index in [4.69, 9.17) is 21.1 Å². The molecule has 0 unspecified atom stereocenters. The van der Waals surface area contributed by atoms with Crippen LogP contribution in [0.2, 0.25) is 0 Å². The van der Waals surface area contributed by atoms with Gasteiger partial charge in [-0.1, -0.05) is 11.6 Å². The highest BCUT2D eigenvalue weighted by Crippen LogP contribution is 2.28. The van der Waals surface area contributed by atoms with Crippen molar-refractivity contribution < 1.29 is 19.1 Å². The molecule has 1 amide bonds. The highest BCUT2D eigenvalue weighted by molar-refractivity contribution is 6.49. The Labute approximate surface area is 192 Å². The number of benzene rings is 2. The van der Waals surface area contributed by atoms with Crippen molar-refractivity contribution in [3.8, 4) is 11.5 Å². The van der Waals surface area contributed by atoms with Gasteiger partial charge >= 0.3 is 0 Å². The molecule has 0 saturated heterocycles. The molecule has 0 aromatic heterocycles. The van der Waals surface area contributed by atoms with Gasteiger partial charge in [0.05, 0.1) is 36.3 Å². The van der Waals surface area contributed by atoms with Crippen LogP contribution < -0.4 is 19.7 Å². The van der Waals surface area contributed by atoms with E-state index in [-0.39, 0.29) is 10.7 Å². The van der Waals surface area contributed by atoms with E-state index >= 15 is 0 Å². The average Bonchev–Trinajstić information content (AvgIpc) is 2.80. The quantitative estimate of drug-likeness (QED) is 0.661. The number of rotatable bonds is 6. The minimum atomic E-state index is -0.482. The topological polar surface area (TPSA) is 80.2 Å². The molecule has 7 nitrogen and oxygen atoms in total. The highest BCUT2D eigenvalue weighted by atomic mass is 35.5. The van der Waals surface area contributed by atoms with E-state index in [2.05, 4.69) is 10.3 Å². The van der Waals surface area contributed by atoms with E-state index in [1.807, 2.05) is 43.3 Å². The van der Waals surface area contributed by atoms with Gasteiger partial charge in [-0.3, -0.25) is 9.59 Å². The van der Waals surface area contributed by atoms with E-state index < -0.39 is 11.7 Å². The molecule has 0 aliphatic heterocycles. The third kappa shape index (κ3) is 4.84. The summed E-state index contributed by atoms with van der Waals surface area (Å²) in [7, 11) is 6.90. The first-order valence-corrected chi connectivity index (χ1v) is 10.2. The SMILES string of the molecule is COc1ccc(C(=O)NC2=CC(=Nc3ccc(N(C)C)cc3)C(C)=C(Cl)C2=O)cc1OC. The second kappa shape index (κ2) is 9.70. The van der Waals surface area contributed by atoms with Gasteiger partial charge in [0.2, 0.25) is 5.78 Å². The minimum absolute atomic E-state index is 0.0128. The number of hydrogen-bond acceptors (Lipinski definition) is 6. The summed E-state index contributed by atoms with van der Waals surface area (Å²) in [5.41, 5.74) is 3.12. The summed E-state index contributed by atoms with van der Waals surface area (Å²) >= 11 is 6.27. The Morgan fingerprint density at radius 3 is 2.28 bits per heavy atom. The van der Waals surface area contributed by atoms with Crippen molar-refractivity contribution in [2.24, 2.45) is 4.99 Å².